The van der Waals surface area contributed by atoms with Crippen LogP contribution >= 0.6 is 0 Å². The van der Waals surface area contributed by atoms with Crippen molar-refractivity contribution in [1.82, 2.24) is 30.2 Å². The summed E-state index contributed by atoms with van der Waals surface area (Å²) in [4.78, 5) is 69.1. The molecule has 8 rings (SSSR count). The van der Waals surface area contributed by atoms with E-state index in [1.54, 1.807) is 0 Å². The zero-order valence-electron chi connectivity index (χ0n) is 36.7. The highest BCUT2D eigenvalue weighted by atomic mass is 16.2. The number of nitrogens with one attached hydrogen (secondary N) is 2. The van der Waals surface area contributed by atoms with Crippen molar-refractivity contribution < 1.29 is 19.2 Å². The molecule has 0 spiro atoms. The Hall–Kier alpha value is -2.94. The SMILES string of the molecule is NC(=NC(=O)[C@@H]1CCCN1C1CCCCC1)NC(=O)[C@@H]1CCCN1C1CCCCC1.NC(=NC(=O)[C@@H]1CCCN1C1CCCCC1)NC(=O)[C@@H]1CCCN1C1CCCCC1. The van der Waals surface area contributed by atoms with Crippen LogP contribution in [0.2, 0.25) is 0 Å². The first-order valence-corrected chi connectivity index (χ1v) is 24.7. The van der Waals surface area contributed by atoms with E-state index in [4.69, 9.17) is 11.5 Å². The normalized spacial score (nSPS) is 30.6. The van der Waals surface area contributed by atoms with E-state index in [0.717, 1.165) is 77.5 Å². The highest BCUT2D eigenvalue weighted by molar-refractivity contribution is 6.04. The maximum Gasteiger partial charge on any atom is 0.266 e. The molecule has 4 aliphatic heterocycles. The topological polar surface area (TPSA) is 182 Å². The molecule has 0 bridgehead atoms. The maximum absolute atomic E-state index is 12.9. The van der Waals surface area contributed by atoms with Gasteiger partial charge in [-0.2, -0.15) is 9.98 Å². The minimum Gasteiger partial charge on any atom is -0.369 e. The van der Waals surface area contributed by atoms with Crippen LogP contribution in [-0.4, -0.2) is 130 Å². The van der Waals surface area contributed by atoms with Crippen LogP contribution in [0.25, 0.3) is 0 Å². The Morgan fingerprint density at radius 2 is 0.600 bits per heavy atom. The molecule has 4 saturated heterocycles. The largest absolute Gasteiger partial charge is 0.369 e. The Morgan fingerprint density at radius 3 is 0.883 bits per heavy atom. The number of hydrogen-bond donors (Lipinski definition) is 4. The standard InChI is InChI=1S/2C23H39N5O2/c2*24-23(25-21(29)19-13-7-15-27(19)17-9-3-1-4-10-17)26-22(30)20-14-8-16-28(20)18-11-5-2-6-12-18/h2*17-20H,1-16H2,(H3,24,25,26,29,30)/t2*19-,20-/m00/s1. The van der Waals surface area contributed by atoms with Crippen LogP contribution in [0.15, 0.2) is 9.98 Å². The highest BCUT2D eigenvalue weighted by Crippen LogP contribution is 2.33. The second-order valence-electron chi connectivity index (χ2n) is 19.4. The van der Waals surface area contributed by atoms with Crippen molar-refractivity contribution >= 4 is 35.5 Å². The third-order valence-corrected chi connectivity index (χ3v) is 15.5. The lowest BCUT2D eigenvalue weighted by Gasteiger charge is -2.35. The number of hydrogen-bond acceptors (Lipinski definition) is 8. The second kappa shape index (κ2) is 22.4. The van der Waals surface area contributed by atoms with Crippen molar-refractivity contribution in [2.75, 3.05) is 26.2 Å². The van der Waals surface area contributed by atoms with Crippen molar-refractivity contribution in [3.63, 3.8) is 0 Å². The molecule has 336 valence electrons. The Bertz CT molecular complexity index is 1390. The van der Waals surface area contributed by atoms with E-state index >= 15 is 0 Å². The third kappa shape index (κ3) is 11.7. The predicted octanol–water partition coefficient (Wildman–Crippen LogP) is 5.08. The summed E-state index contributed by atoms with van der Waals surface area (Å²) < 4.78 is 0. The quantitative estimate of drug-likeness (QED) is 0.190. The van der Waals surface area contributed by atoms with Crippen LogP contribution in [0.5, 0.6) is 0 Å². The molecule has 0 aromatic carbocycles. The molecule has 4 heterocycles. The third-order valence-electron chi connectivity index (χ3n) is 15.5. The molecule has 6 N–H and O–H groups in total. The minimum atomic E-state index is -0.188. The zero-order valence-corrected chi connectivity index (χ0v) is 36.7. The first-order chi connectivity index (χ1) is 29.3. The first kappa shape index (κ1) is 45.1. The molecule has 14 nitrogen and oxygen atoms in total. The van der Waals surface area contributed by atoms with Gasteiger partial charge in [-0.05, 0) is 129 Å². The van der Waals surface area contributed by atoms with Crippen molar-refractivity contribution in [3.05, 3.63) is 0 Å². The second-order valence-corrected chi connectivity index (χ2v) is 19.4. The van der Waals surface area contributed by atoms with Crippen molar-refractivity contribution in [2.24, 2.45) is 21.5 Å². The van der Waals surface area contributed by atoms with Gasteiger partial charge in [0, 0.05) is 24.2 Å². The fourth-order valence-corrected chi connectivity index (χ4v) is 12.5. The van der Waals surface area contributed by atoms with Gasteiger partial charge in [0.15, 0.2) is 0 Å². The van der Waals surface area contributed by atoms with Gasteiger partial charge in [0.1, 0.15) is 0 Å². The van der Waals surface area contributed by atoms with Gasteiger partial charge in [0.25, 0.3) is 11.8 Å². The highest BCUT2D eigenvalue weighted by Gasteiger charge is 2.40. The molecule has 0 aromatic rings. The summed E-state index contributed by atoms with van der Waals surface area (Å²) in [5.41, 5.74) is 12.0. The summed E-state index contributed by atoms with van der Waals surface area (Å²) in [6.07, 6.45) is 32.3. The van der Waals surface area contributed by atoms with Crippen LogP contribution in [0, 0.1) is 0 Å². The molecule has 14 heteroatoms. The fraction of sp³-hybridized carbons (Fsp3) is 0.870. The number of rotatable bonds is 8. The number of carbonyl (C=O) groups is 4. The maximum atomic E-state index is 12.9. The summed E-state index contributed by atoms with van der Waals surface area (Å²) in [5, 5.41) is 5.49. The van der Waals surface area contributed by atoms with Crippen LogP contribution in [0.3, 0.4) is 0 Å². The van der Waals surface area contributed by atoms with E-state index < -0.39 is 0 Å². The molecule has 8 aliphatic rings. The number of guanidine groups is 2. The van der Waals surface area contributed by atoms with E-state index in [-0.39, 0.29) is 59.7 Å². The summed E-state index contributed by atoms with van der Waals surface area (Å²) in [7, 11) is 0. The van der Waals surface area contributed by atoms with Crippen LogP contribution in [0.4, 0.5) is 0 Å². The van der Waals surface area contributed by atoms with Crippen LogP contribution in [0.1, 0.15) is 180 Å². The van der Waals surface area contributed by atoms with Gasteiger partial charge in [0.05, 0.1) is 24.2 Å². The van der Waals surface area contributed by atoms with Gasteiger partial charge in [-0.15, -0.1) is 0 Å². The van der Waals surface area contributed by atoms with Crippen LogP contribution < -0.4 is 22.1 Å². The van der Waals surface area contributed by atoms with Gasteiger partial charge in [-0.3, -0.25) is 49.4 Å². The molecule has 4 amide bonds. The zero-order chi connectivity index (χ0) is 41.8. The fourth-order valence-electron chi connectivity index (χ4n) is 12.5. The lowest BCUT2D eigenvalue weighted by atomic mass is 9.93. The molecule has 4 saturated carbocycles. The first-order valence-electron chi connectivity index (χ1n) is 24.7. The van der Waals surface area contributed by atoms with Crippen molar-refractivity contribution in [1.29, 1.82) is 0 Å². The van der Waals surface area contributed by atoms with Crippen LogP contribution in [-0.2, 0) is 19.2 Å². The average Bonchev–Trinajstić information content (AvgIpc) is 4.12. The Kier molecular flexibility index (Phi) is 16.9. The Labute approximate surface area is 359 Å². The number of amides is 4. The lowest BCUT2D eigenvalue weighted by Crippen LogP contribution is -2.51. The smallest absolute Gasteiger partial charge is 0.266 e. The lowest BCUT2D eigenvalue weighted by molar-refractivity contribution is -0.126. The molecule has 0 radical (unpaired) electrons. The molecule has 60 heavy (non-hydrogen) atoms. The predicted molar refractivity (Wildman–Crippen MR) is 236 cm³/mol. The van der Waals surface area contributed by atoms with Gasteiger partial charge < -0.3 is 11.5 Å². The number of nitrogens with two attached hydrogens (primary N) is 2. The summed E-state index contributed by atoms with van der Waals surface area (Å²) in [6.45, 7) is 3.91. The van der Waals surface area contributed by atoms with E-state index in [9.17, 15) is 19.2 Å². The van der Waals surface area contributed by atoms with Gasteiger partial charge in [0.2, 0.25) is 23.7 Å². The molecule has 4 aliphatic carbocycles. The molecule has 4 atom stereocenters. The summed E-state index contributed by atoms with van der Waals surface area (Å²) >= 11 is 0. The number of likely N-dealkylation sites (tertiary alicyclic amines) is 4. The minimum absolute atomic E-state index is 0.0315. The average molecular weight is 835 g/mol. The van der Waals surface area contributed by atoms with E-state index in [1.165, 1.54) is 128 Å². The van der Waals surface area contributed by atoms with Crippen molar-refractivity contribution in [2.45, 2.75) is 228 Å². The summed E-state index contributed by atoms with van der Waals surface area (Å²) in [6, 6.07) is 1.41. The van der Waals surface area contributed by atoms with E-state index in [1.807, 2.05) is 0 Å². The molecular formula is C46H78N10O4. The number of carbonyl (C=O) groups excluding carboxylic acids is 4. The van der Waals surface area contributed by atoms with E-state index in [2.05, 4.69) is 40.2 Å². The number of nitrogens with zero attached hydrogens (tertiary/aromatic N) is 6. The summed E-state index contributed by atoms with van der Waals surface area (Å²) in [5.74, 6) is -0.629. The van der Waals surface area contributed by atoms with Gasteiger partial charge in [-0.1, -0.05) is 77.0 Å². The van der Waals surface area contributed by atoms with E-state index in [0.29, 0.717) is 24.2 Å². The molecule has 0 aromatic heterocycles. The Balaban J connectivity index is 0.000000181. The number of aliphatic imine (C=N–C) groups is 2. The molecular weight excluding hydrogens is 757 g/mol. The molecule has 8 fully saturated rings. The van der Waals surface area contributed by atoms with Crippen molar-refractivity contribution in [3.8, 4) is 0 Å². The van der Waals surface area contributed by atoms with Gasteiger partial charge >= 0.3 is 0 Å². The van der Waals surface area contributed by atoms with Gasteiger partial charge in [-0.25, -0.2) is 0 Å². The molecule has 0 unspecified atom stereocenters. The monoisotopic (exact) mass is 835 g/mol. The Morgan fingerprint density at radius 1 is 0.350 bits per heavy atom.